The highest BCUT2D eigenvalue weighted by Gasteiger charge is 2.34. The van der Waals surface area contributed by atoms with Gasteiger partial charge in [0.1, 0.15) is 5.75 Å². The maximum Gasteiger partial charge on any atom is 0.318 e. The van der Waals surface area contributed by atoms with Crippen molar-refractivity contribution in [1.82, 2.24) is 10.2 Å². The Hall–Kier alpha value is -2.24. The first-order valence-electron chi connectivity index (χ1n) is 9.03. The second-order valence-electron chi connectivity index (χ2n) is 6.93. The van der Waals surface area contributed by atoms with E-state index in [4.69, 9.17) is 9.84 Å². The molecule has 6 nitrogen and oxygen atoms in total. The van der Waals surface area contributed by atoms with Crippen LogP contribution in [0.5, 0.6) is 5.75 Å². The first-order chi connectivity index (χ1) is 12.1. The predicted molar refractivity (Wildman–Crippen MR) is 93.6 cm³/mol. The minimum absolute atomic E-state index is 0.0338. The lowest BCUT2D eigenvalue weighted by Crippen LogP contribution is -2.46. The summed E-state index contributed by atoms with van der Waals surface area (Å²) in [6.07, 6.45) is 4.64. The number of urea groups is 1. The standard InChI is InChI=1S/C19H26N2O4/c1-25-17-7-3-2-5-15(17)16-6-4-12-21(16)19(24)20-14-10-8-13(9-11-14)18(22)23/h2-3,5,7,13-14,16H,4,6,8-12H2,1H3,(H,20,24)(H,22,23). The normalized spacial score (nSPS) is 26.3. The van der Waals surface area contributed by atoms with Gasteiger partial charge in [0.25, 0.3) is 0 Å². The van der Waals surface area contributed by atoms with Crippen LogP contribution in [-0.4, -0.2) is 41.7 Å². The third kappa shape index (κ3) is 3.89. The van der Waals surface area contributed by atoms with Gasteiger partial charge in [0, 0.05) is 18.2 Å². The highest BCUT2D eigenvalue weighted by molar-refractivity contribution is 5.76. The van der Waals surface area contributed by atoms with E-state index >= 15 is 0 Å². The number of nitrogens with one attached hydrogen (secondary N) is 1. The maximum absolute atomic E-state index is 12.8. The van der Waals surface area contributed by atoms with Crippen LogP contribution in [-0.2, 0) is 4.79 Å². The van der Waals surface area contributed by atoms with Gasteiger partial charge in [-0.2, -0.15) is 0 Å². The Balaban J connectivity index is 1.63. The van der Waals surface area contributed by atoms with Crippen molar-refractivity contribution in [3.8, 4) is 5.75 Å². The van der Waals surface area contributed by atoms with Gasteiger partial charge in [0.2, 0.25) is 0 Å². The zero-order chi connectivity index (χ0) is 17.8. The van der Waals surface area contributed by atoms with E-state index in [1.54, 1.807) is 7.11 Å². The van der Waals surface area contributed by atoms with E-state index in [1.807, 2.05) is 29.2 Å². The van der Waals surface area contributed by atoms with E-state index in [1.165, 1.54) is 0 Å². The summed E-state index contributed by atoms with van der Waals surface area (Å²) in [6, 6.07) is 7.91. The van der Waals surface area contributed by atoms with E-state index in [-0.39, 0.29) is 24.0 Å². The van der Waals surface area contributed by atoms with Crippen LogP contribution in [0.1, 0.15) is 50.1 Å². The van der Waals surface area contributed by atoms with Gasteiger partial charge < -0.3 is 20.1 Å². The minimum atomic E-state index is -0.722. The quantitative estimate of drug-likeness (QED) is 0.877. The van der Waals surface area contributed by atoms with Crippen LogP contribution >= 0.6 is 0 Å². The second kappa shape index (κ2) is 7.76. The smallest absolute Gasteiger partial charge is 0.318 e. The van der Waals surface area contributed by atoms with Crippen molar-refractivity contribution in [2.75, 3.05) is 13.7 Å². The van der Waals surface area contributed by atoms with Gasteiger partial charge in [0.15, 0.2) is 0 Å². The summed E-state index contributed by atoms with van der Waals surface area (Å²) in [4.78, 5) is 25.7. The summed E-state index contributed by atoms with van der Waals surface area (Å²) in [6.45, 7) is 0.735. The van der Waals surface area contributed by atoms with Crippen LogP contribution in [0.2, 0.25) is 0 Å². The Bertz CT molecular complexity index is 626. The molecule has 0 bridgehead atoms. The number of hydrogen-bond donors (Lipinski definition) is 2. The molecule has 25 heavy (non-hydrogen) atoms. The van der Waals surface area contributed by atoms with Gasteiger partial charge >= 0.3 is 12.0 Å². The monoisotopic (exact) mass is 346 g/mol. The number of rotatable bonds is 4. The first kappa shape index (κ1) is 17.6. The van der Waals surface area contributed by atoms with Crippen molar-refractivity contribution >= 4 is 12.0 Å². The SMILES string of the molecule is COc1ccccc1C1CCCN1C(=O)NC1CCC(C(=O)O)CC1. The first-order valence-corrected chi connectivity index (χ1v) is 9.03. The summed E-state index contributed by atoms with van der Waals surface area (Å²) in [5.74, 6) is -0.170. The fraction of sp³-hybridized carbons (Fsp3) is 0.579. The Morgan fingerprint density at radius 1 is 1.16 bits per heavy atom. The molecule has 1 heterocycles. The van der Waals surface area contributed by atoms with Gasteiger partial charge in [-0.1, -0.05) is 18.2 Å². The number of para-hydroxylation sites is 1. The number of aliphatic carboxylic acids is 1. The molecule has 1 aliphatic carbocycles. The van der Waals surface area contributed by atoms with Crippen LogP contribution < -0.4 is 10.1 Å². The molecule has 3 rings (SSSR count). The molecule has 2 aliphatic rings. The molecule has 6 heteroatoms. The van der Waals surface area contributed by atoms with E-state index < -0.39 is 5.97 Å². The number of methoxy groups -OCH3 is 1. The zero-order valence-corrected chi connectivity index (χ0v) is 14.6. The number of hydrogen-bond acceptors (Lipinski definition) is 3. The number of amides is 2. The molecule has 2 N–H and O–H groups in total. The van der Waals surface area contributed by atoms with Crippen molar-refractivity contribution in [1.29, 1.82) is 0 Å². The van der Waals surface area contributed by atoms with E-state index in [9.17, 15) is 9.59 Å². The molecule has 1 atom stereocenters. The molecule has 1 saturated heterocycles. The summed E-state index contributed by atoms with van der Waals surface area (Å²) in [7, 11) is 1.65. The molecule has 2 fully saturated rings. The Morgan fingerprint density at radius 3 is 2.56 bits per heavy atom. The van der Waals surface area contributed by atoms with E-state index in [0.717, 1.165) is 43.5 Å². The van der Waals surface area contributed by atoms with Crippen molar-refractivity contribution < 1.29 is 19.4 Å². The lowest BCUT2D eigenvalue weighted by atomic mass is 9.86. The maximum atomic E-state index is 12.8. The summed E-state index contributed by atoms with van der Waals surface area (Å²) < 4.78 is 5.46. The van der Waals surface area contributed by atoms with E-state index in [0.29, 0.717) is 12.8 Å². The second-order valence-corrected chi connectivity index (χ2v) is 6.93. The molecule has 1 unspecified atom stereocenters. The molecule has 136 valence electrons. The van der Waals surface area contributed by atoms with E-state index in [2.05, 4.69) is 5.32 Å². The molecule has 1 aromatic rings. The van der Waals surface area contributed by atoms with Gasteiger partial charge in [-0.3, -0.25) is 4.79 Å². The number of carboxylic acids is 1. The molecule has 1 aromatic carbocycles. The van der Waals surface area contributed by atoms with Crippen LogP contribution in [0.3, 0.4) is 0 Å². The van der Waals surface area contributed by atoms with Gasteiger partial charge in [0.05, 0.1) is 19.1 Å². The predicted octanol–water partition coefficient (Wildman–Crippen LogP) is 3.19. The van der Waals surface area contributed by atoms with Gasteiger partial charge in [-0.15, -0.1) is 0 Å². The number of carboxylic acid groups (broad SMARTS) is 1. The molecule has 0 spiro atoms. The van der Waals surface area contributed by atoms with Crippen LogP contribution in [0.4, 0.5) is 4.79 Å². The van der Waals surface area contributed by atoms with Crippen molar-refractivity contribution in [3.05, 3.63) is 29.8 Å². The zero-order valence-electron chi connectivity index (χ0n) is 14.6. The fourth-order valence-corrected chi connectivity index (χ4v) is 4.02. The molecule has 0 radical (unpaired) electrons. The molecule has 0 aromatic heterocycles. The Kier molecular flexibility index (Phi) is 5.46. The molecule has 1 aliphatic heterocycles. The van der Waals surface area contributed by atoms with Crippen LogP contribution in [0, 0.1) is 5.92 Å². The number of nitrogens with zero attached hydrogens (tertiary/aromatic N) is 1. The van der Waals surface area contributed by atoms with Crippen molar-refractivity contribution in [2.24, 2.45) is 5.92 Å². The highest BCUT2D eigenvalue weighted by atomic mass is 16.5. The third-order valence-corrected chi connectivity index (χ3v) is 5.42. The van der Waals surface area contributed by atoms with Crippen molar-refractivity contribution in [3.63, 3.8) is 0 Å². The summed E-state index contributed by atoms with van der Waals surface area (Å²) >= 11 is 0. The third-order valence-electron chi connectivity index (χ3n) is 5.42. The van der Waals surface area contributed by atoms with Gasteiger partial charge in [-0.25, -0.2) is 4.79 Å². The number of likely N-dealkylation sites (tertiary alicyclic amines) is 1. The number of ether oxygens (including phenoxy) is 1. The fourth-order valence-electron chi connectivity index (χ4n) is 4.02. The Labute approximate surface area is 148 Å². The minimum Gasteiger partial charge on any atom is -0.496 e. The van der Waals surface area contributed by atoms with Crippen molar-refractivity contribution in [2.45, 2.75) is 50.6 Å². The highest BCUT2D eigenvalue weighted by Crippen LogP contribution is 2.37. The number of carbonyl (C=O) groups excluding carboxylic acids is 1. The average molecular weight is 346 g/mol. The van der Waals surface area contributed by atoms with Crippen LogP contribution in [0.25, 0.3) is 0 Å². The average Bonchev–Trinajstić information content (AvgIpc) is 3.11. The summed E-state index contributed by atoms with van der Waals surface area (Å²) in [5, 5.41) is 12.2. The van der Waals surface area contributed by atoms with Gasteiger partial charge in [-0.05, 0) is 44.6 Å². The molecule has 1 saturated carbocycles. The largest absolute Gasteiger partial charge is 0.496 e. The molecular formula is C19H26N2O4. The number of carbonyl (C=O) groups is 2. The molecular weight excluding hydrogens is 320 g/mol. The lowest BCUT2D eigenvalue weighted by Gasteiger charge is -2.31. The lowest BCUT2D eigenvalue weighted by molar-refractivity contribution is -0.142. The topological polar surface area (TPSA) is 78.9 Å². The van der Waals surface area contributed by atoms with Crippen LogP contribution in [0.15, 0.2) is 24.3 Å². The summed E-state index contributed by atoms with van der Waals surface area (Å²) in [5.41, 5.74) is 1.05. The Morgan fingerprint density at radius 2 is 1.88 bits per heavy atom. The number of benzene rings is 1. The molecule has 2 amide bonds.